The number of ether oxygens (including phenoxy) is 3. The topological polar surface area (TPSA) is 39.7 Å². The summed E-state index contributed by atoms with van der Waals surface area (Å²) in [6.07, 6.45) is 0. The molecule has 0 heterocycles. The van der Waals surface area contributed by atoms with Gasteiger partial charge in [0.2, 0.25) is 0 Å². The lowest BCUT2D eigenvalue weighted by molar-refractivity contribution is 0.0199. The van der Waals surface area contributed by atoms with E-state index in [1.54, 1.807) is 7.11 Å². The number of methoxy groups -OCH3 is 1. The van der Waals surface area contributed by atoms with Gasteiger partial charge < -0.3 is 19.5 Å². The van der Waals surface area contributed by atoms with Gasteiger partial charge in [0.1, 0.15) is 0 Å². The van der Waals surface area contributed by atoms with E-state index >= 15 is 0 Å². The largest absolute Gasteiger partial charge is 0.382 e. The van der Waals surface area contributed by atoms with Gasteiger partial charge in [0.05, 0.1) is 33.0 Å². The van der Waals surface area contributed by atoms with Gasteiger partial charge in [0.25, 0.3) is 0 Å². The van der Waals surface area contributed by atoms with Crippen LogP contribution < -0.4 is 5.32 Å². The Bertz CT molecular complexity index is 369. The fourth-order valence-electron chi connectivity index (χ4n) is 1.89. The molecule has 1 rings (SSSR count). The van der Waals surface area contributed by atoms with Crippen LogP contribution in [0, 0.1) is 5.92 Å². The van der Waals surface area contributed by atoms with Crippen LogP contribution in [-0.4, -0.2) is 40.1 Å². The monoisotopic (exact) mass is 295 g/mol. The zero-order chi connectivity index (χ0) is 15.3. The average molecular weight is 295 g/mol. The highest BCUT2D eigenvalue weighted by atomic mass is 16.5. The molecule has 0 unspecified atom stereocenters. The van der Waals surface area contributed by atoms with Gasteiger partial charge in [-0.25, -0.2) is 0 Å². The Hall–Kier alpha value is -0.940. The number of hydrogen-bond donors (Lipinski definition) is 1. The first-order chi connectivity index (χ1) is 10.2. The summed E-state index contributed by atoms with van der Waals surface area (Å²) in [5.74, 6) is 0.676. The second-order valence-corrected chi connectivity index (χ2v) is 5.50. The third kappa shape index (κ3) is 9.58. The fraction of sp³-hybridized carbons (Fsp3) is 0.647. The molecule has 0 spiro atoms. The lowest BCUT2D eigenvalue weighted by Gasteiger charge is -2.09. The van der Waals surface area contributed by atoms with Crippen LogP contribution in [0.3, 0.4) is 0 Å². The van der Waals surface area contributed by atoms with E-state index in [9.17, 15) is 0 Å². The Morgan fingerprint density at radius 3 is 2.48 bits per heavy atom. The summed E-state index contributed by atoms with van der Waals surface area (Å²) in [5.41, 5.74) is 2.50. The molecule has 0 aliphatic carbocycles. The van der Waals surface area contributed by atoms with Gasteiger partial charge in [-0.3, -0.25) is 0 Å². The third-order valence-corrected chi connectivity index (χ3v) is 2.95. The summed E-state index contributed by atoms with van der Waals surface area (Å²) in [5, 5.41) is 3.45. The van der Waals surface area contributed by atoms with Gasteiger partial charge in [-0.05, 0) is 23.6 Å². The molecule has 0 amide bonds. The van der Waals surface area contributed by atoms with Crippen LogP contribution in [0.15, 0.2) is 24.3 Å². The third-order valence-electron chi connectivity index (χ3n) is 2.95. The highest BCUT2D eigenvalue weighted by Gasteiger charge is 1.98. The minimum absolute atomic E-state index is 0.610. The Morgan fingerprint density at radius 1 is 1.00 bits per heavy atom. The molecule has 0 saturated carbocycles. The minimum Gasteiger partial charge on any atom is -0.382 e. The summed E-state index contributed by atoms with van der Waals surface area (Å²) in [6.45, 7) is 9.48. The summed E-state index contributed by atoms with van der Waals surface area (Å²) in [4.78, 5) is 0. The molecule has 0 radical (unpaired) electrons. The minimum atomic E-state index is 0.610. The first-order valence-corrected chi connectivity index (χ1v) is 7.65. The van der Waals surface area contributed by atoms with E-state index in [1.807, 2.05) is 0 Å². The quantitative estimate of drug-likeness (QED) is 0.602. The normalized spacial score (nSPS) is 11.2. The van der Waals surface area contributed by atoms with Crippen molar-refractivity contribution in [1.82, 2.24) is 5.32 Å². The number of benzene rings is 1. The van der Waals surface area contributed by atoms with Crippen LogP contribution in [0.5, 0.6) is 0 Å². The maximum Gasteiger partial charge on any atom is 0.0718 e. The van der Waals surface area contributed by atoms with Gasteiger partial charge >= 0.3 is 0 Å². The first-order valence-electron chi connectivity index (χ1n) is 7.65. The van der Waals surface area contributed by atoms with Crippen molar-refractivity contribution < 1.29 is 14.2 Å². The molecule has 0 fully saturated rings. The molecule has 0 saturated heterocycles. The van der Waals surface area contributed by atoms with Crippen molar-refractivity contribution in [2.45, 2.75) is 27.0 Å². The fourth-order valence-corrected chi connectivity index (χ4v) is 1.89. The number of nitrogens with one attached hydrogen (secondary N) is 1. The number of hydrogen-bond acceptors (Lipinski definition) is 4. The zero-order valence-corrected chi connectivity index (χ0v) is 13.6. The van der Waals surface area contributed by atoms with Crippen molar-refractivity contribution >= 4 is 0 Å². The Balaban J connectivity index is 2.17. The Morgan fingerprint density at radius 2 is 1.71 bits per heavy atom. The van der Waals surface area contributed by atoms with E-state index < -0.39 is 0 Å². The van der Waals surface area contributed by atoms with Crippen LogP contribution in [0.25, 0.3) is 0 Å². The maximum absolute atomic E-state index is 5.61. The molecule has 0 aromatic heterocycles. The van der Waals surface area contributed by atoms with Gasteiger partial charge in [-0.15, -0.1) is 0 Å². The standard InChI is InChI=1S/C17H29NO3/c1-15(2)12-18-13-16-5-4-6-17(11-16)14-21-10-9-20-8-7-19-3/h4-6,11,15,18H,7-10,12-14H2,1-3H3. The summed E-state index contributed by atoms with van der Waals surface area (Å²) < 4.78 is 15.9. The van der Waals surface area contributed by atoms with E-state index in [2.05, 4.69) is 43.4 Å². The van der Waals surface area contributed by atoms with Crippen LogP contribution in [0.2, 0.25) is 0 Å². The van der Waals surface area contributed by atoms with E-state index in [4.69, 9.17) is 14.2 Å². The van der Waals surface area contributed by atoms with Gasteiger partial charge in [0, 0.05) is 13.7 Å². The molecule has 0 aliphatic rings. The average Bonchev–Trinajstić information content (AvgIpc) is 2.46. The predicted molar refractivity (Wildman–Crippen MR) is 85.3 cm³/mol. The van der Waals surface area contributed by atoms with Crippen molar-refractivity contribution in [3.8, 4) is 0 Å². The predicted octanol–water partition coefficient (Wildman–Crippen LogP) is 2.61. The zero-order valence-electron chi connectivity index (χ0n) is 13.6. The van der Waals surface area contributed by atoms with E-state index in [1.165, 1.54) is 11.1 Å². The highest BCUT2D eigenvalue weighted by Crippen LogP contribution is 2.07. The van der Waals surface area contributed by atoms with E-state index in [0.29, 0.717) is 39.0 Å². The Labute approximate surface area is 128 Å². The van der Waals surface area contributed by atoms with E-state index in [-0.39, 0.29) is 0 Å². The molecule has 0 atom stereocenters. The molecule has 4 heteroatoms. The van der Waals surface area contributed by atoms with Crippen LogP contribution in [0.4, 0.5) is 0 Å². The second kappa shape index (κ2) is 11.7. The molecule has 1 aromatic carbocycles. The molecule has 0 aliphatic heterocycles. The lowest BCUT2D eigenvalue weighted by Crippen LogP contribution is -2.19. The first kappa shape index (κ1) is 18.1. The molecule has 1 aromatic rings. The highest BCUT2D eigenvalue weighted by molar-refractivity contribution is 5.22. The molecule has 120 valence electrons. The summed E-state index contributed by atoms with van der Waals surface area (Å²) in [7, 11) is 1.67. The second-order valence-electron chi connectivity index (χ2n) is 5.50. The van der Waals surface area contributed by atoms with Crippen LogP contribution in [-0.2, 0) is 27.4 Å². The maximum atomic E-state index is 5.61. The molecule has 21 heavy (non-hydrogen) atoms. The van der Waals surface area contributed by atoms with Gasteiger partial charge in [0.15, 0.2) is 0 Å². The van der Waals surface area contributed by atoms with Crippen molar-refractivity contribution in [2.24, 2.45) is 5.92 Å². The summed E-state index contributed by atoms with van der Waals surface area (Å²) >= 11 is 0. The smallest absolute Gasteiger partial charge is 0.0718 e. The molecule has 1 N–H and O–H groups in total. The lowest BCUT2D eigenvalue weighted by atomic mass is 10.1. The van der Waals surface area contributed by atoms with Gasteiger partial charge in [-0.2, -0.15) is 0 Å². The Kier molecular flexibility index (Phi) is 10.1. The molecule has 0 bridgehead atoms. The van der Waals surface area contributed by atoms with Crippen molar-refractivity contribution in [3.63, 3.8) is 0 Å². The van der Waals surface area contributed by atoms with Gasteiger partial charge in [-0.1, -0.05) is 38.1 Å². The van der Waals surface area contributed by atoms with Crippen molar-refractivity contribution in [2.75, 3.05) is 40.1 Å². The molecular formula is C17H29NO3. The van der Waals surface area contributed by atoms with Crippen LogP contribution >= 0.6 is 0 Å². The summed E-state index contributed by atoms with van der Waals surface area (Å²) in [6, 6.07) is 8.52. The van der Waals surface area contributed by atoms with Crippen LogP contribution in [0.1, 0.15) is 25.0 Å². The van der Waals surface area contributed by atoms with Crippen molar-refractivity contribution in [3.05, 3.63) is 35.4 Å². The van der Waals surface area contributed by atoms with E-state index in [0.717, 1.165) is 13.1 Å². The SMILES string of the molecule is COCCOCCOCc1cccc(CNCC(C)C)c1. The molecule has 4 nitrogen and oxygen atoms in total. The van der Waals surface area contributed by atoms with Crippen molar-refractivity contribution in [1.29, 1.82) is 0 Å². The number of rotatable bonds is 12. The molecular weight excluding hydrogens is 266 g/mol.